The number of hydrogen-bond donors (Lipinski definition) is 0. The van der Waals surface area contributed by atoms with Crippen LogP contribution in [0.25, 0.3) is 11.1 Å². The molecule has 2 heterocycles. The molecular formula is C19H18N4O3S. The lowest BCUT2D eigenvalue weighted by molar-refractivity contribution is 0.290. The first-order valence-electron chi connectivity index (χ1n) is 8.35. The van der Waals surface area contributed by atoms with Crippen molar-refractivity contribution < 1.29 is 13.9 Å². The zero-order chi connectivity index (χ0) is 18.6. The summed E-state index contributed by atoms with van der Waals surface area (Å²) in [7, 11) is 3.55. The van der Waals surface area contributed by atoms with Crippen LogP contribution in [0, 0.1) is 0 Å². The zero-order valence-electron chi connectivity index (χ0n) is 15.0. The number of methoxy groups -OCH3 is 1. The van der Waals surface area contributed by atoms with Gasteiger partial charge >= 0.3 is 0 Å². The SMILES string of the molecule is COc1ccc(OCc2nnc(SCc3nc4ccccc4o3)n2C)cc1. The van der Waals surface area contributed by atoms with Gasteiger partial charge in [0, 0.05) is 7.05 Å². The maximum Gasteiger partial charge on any atom is 0.205 e. The number of para-hydroxylation sites is 2. The molecular weight excluding hydrogens is 364 g/mol. The van der Waals surface area contributed by atoms with Crippen LogP contribution in [0.3, 0.4) is 0 Å². The molecule has 0 bridgehead atoms. The molecule has 2 aromatic carbocycles. The van der Waals surface area contributed by atoms with Gasteiger partial charge in [0.15, 0.2) is 16.6 Å². The minimum absolute atomic E-state index is 0.333. The van der Waals surface area contributed by atoms with E-state index < -0.39 is 0 Å². The van der Waals surface area contributed by atoms with Crippen molar-refractivity contribution in [2.45, 2.75) is 17.5 Å². The molecule has 7 nitrogen and oxygen atoms in total. The van der Waals surface area contributed by atoms with Gasteiger partial charge in [-0.2, -0.15) is 0 Å². The summed E-state index contributed by atoms with van der Waals surface area (Å²) >= 11 is 1.52. The van der Waals surface area contributed by atoms with Crippen LogP contribution in [0.1, 0.15) is 11.7 Å². The van der Waals surface area contributed by atoms with E-state index in [1.165, 1.54) is 11.8 Å². The monoisotopic (exact) mass is 382 g/mol. The molecule has 2 aromatic heterocycles. The molecule has 0 saturated carbocycles. The Hall–Kier alpha value is -3.00. The van der Waals surface area contributed by atoms with E-state index in [-0.39, 0.29) is 0 Å². The summed E-state index contributed by atoms with van der Waals surface area (Å²) in [6.07, 6.45) is 0. The molecule has 0 saturated heterocycles. The van der Waals surface area contributed by atoms with Gasteiger partial charge < -0.3 is 18.5 Å². The molecule has 0 radical (unpaired) electrons. The standard InChI is InChI=1S/C19H18N4O3S/c1-23-17(11-25-14-9-7-13(24-2)8-10-14)21-22-19(23)27-12-18-20-15-5-3-4-6-16(15)26-18/h3-10H,11-12H2,1-2H3. The summed E-state index contributed by atoms with van der Waals surface area (Å²) in [6, 6.07) is 15.1. The van der Waals surface area contributed by atoms with Crippen molar-refractivity contribution in [3.63, 3.8) is 0 Å². The average Bonchev–Trinajstić information content (AvgIpc) is 3.28. The van der Waals surface area contributed by atoms with Gasteiger partial charge in [-0.25, -0.2) is 4.98 Å². The second kappa shape index (κ2) is 7.71. The summed E-state index contributed by atoms with van der Waals surface area (Å²) in [5, 5.41) is 9.22. The van der Waals surface area contributed by atoms with Gasteiger partial charge in [-0.15, -0.1) is 10.2 Å². The molecule has 0 aliphatic carbocycles. The molecule has 0 aliphatic heterocycles. The van der Waals surface area contributed by atoms with E-state index in [0.29, 0.717) is 18.3 Å². The van der Waals surface area contributed by atoms with Gasteiger partial charge in [0.1, 0.15) is 23.6 Å². The Morgan fingerprint density at radius 3 is 2.59 bits per heavy atom. The first kappa shape index (κ1) is 17.4. The molecule has 27 heavy (non-hydrogen) atoms. The molecule has 8 heteroatoms. The first-order valence-corrected chi connectivity index (χ1v) is 9.34. The zero-order valence-corrected chi connectivity index (χ0v) is 15.8. The van der Waals surface area contributed by atoms with E-state index in [4.69, 9.17) is 13.9 Å². The van der Waals surface area contributed by atoms with Gasteiger partial charge in [0.05, 0.1) is 12.9 Å². The number of thioether (sulfide) groups is 1. The summed E-state index contributed by atoms with van der Waals surface area (Å²) in [4.78, 5) is 4.47. The van der Waals surface area contributed by atoms with Crippen LogP contribution in [-0.2, 0) is 19.4 Å². The fourth-order valence-electron chi connectivity index (χ4n) is 2.52. The van der Waals surface area contributed by atoms with Crippen LogP contribution >= 0.6 is 11.8 Å². The van der Waals surface area contributed by atoms with E-state index in [2.05, 4.69) is 15.2 Å². The van der Waals surface area contributed by atoms with Crippen LogP contribution in [0.2, 0.25) is 0 Å². The predicted molar refractivity (Wildman–Crippen MR) is 102 cm³/mol. The summed E-state index contributed by atoms with van der Waals surface area (Å²) in [6.45, 7) is 0.333. The number of aromatic nitrogens is 4. The smallest absolute Gasteiger partial charge is 0.205 e. The maximum atomic E-state index is 5.77. The van der Waals surface area contributed by atoms with Crippen LogP contribution in [0.15, 0.2) is 58.1 Å². The molecule has 0 aliphatic rings. The fourth-order valence-corrected chi connectivity index (χ4v) is 3.30. The van der Waals surface area contributed by atoms with Crippen LogP contribution in [0.5, 0.6) is 11.5 Å². The third-order valence-corrected chi connectivity index (χ3v) is 5.02. The minimum atomic E-state index is 0.333. The minimum Gasteiger partial charge on any atom is -0.497 e. The van der Waals surface area contributed by atoms with Crippen molar-refractivity contribution in [2.75, 3.05) is 7.11 Å². The third-order valence-electron chi connectivity index (χ3n) is 4.02. The van der Waals surface area contributed by atoms with E-state index in [1.807, 2.05) is 60.1 Å². The maximum absolute atomic E-state index is 5.77. The van der Waals surface area contributed by atoms with Crippen molar-refractivity contribution >= 4 is 22.9 Å². The highest BCUT2D eigenvalue weighted by atomic mass is 32.2. The predicted octanol–water partition coefficient (Wildman–Crippen LogP) is 3.84. The van der Waals surface area contributed by atoms with E-state index in [9.17, 15) is 0 Å². The molecule has 4 rings (SSSR count). The summed E-state index contributed by atoms with van der Waals surface area (Å²) in [5.41, 5.74) is 1.65. The molecule has 0 fully saturated rings. The molecule has 0 spiro atoms. The lowest BCUT2D eigenvalue weighted by Crippen LogP contribution is -2.04. The van der Waals surface area contributed by atoms with Crippen molar-refractivity contribution in [3.8, 4) is 11.5 Å². The lowest BCUT2D eigenvalue weighted by atomic mass is 10.3. The normalized spacial score (nSPS) is 11.0. The molecule has 0 N–H and O–H groups in total. The Balaban J connectivity index is 1.37. The van der Waals surface area contributed by atoms with Crippen LogP contribution in [0.4, 0.5) is 0 Å². The van der Waals surface area contributed by atoms with Crippen molar-refractivity contribution in [1.29, 1.82) is 0 Å². The van der Waals surface area contributed by atoms with Gasteiger partial charge in [0.2, 0.25) is 5.89 Å². The van der Waals surface area contributed by atoms with Gasteiger partial charge in [-0.3, -0.25) is 0 Å². The second-order valence-electron chi connectivity index (χ2n) is 5.79. The lowest BCUT2D eigenvalue weighted by Gasteiger charge is -2.07. The number of ether oxygens (including phenoxy) is 2. The molecule has 4 aromatic rings. The Morgan fingerprint density at radius 1 is 1.04 bits per heavy atom. The number of rotatable bonds is 7. The van der Waals surface area contributed by atoms with Crippen LogP contribution < -0.4 is 9.47 Å². The van der Waals surface area contributed by atoms with E-state index in [0.717, 1.165) is 33.6 Å². The highest BCUT2D eigenvalue weighted by molar-refractivity contribution is 7.98. The molecule has 0 unspecified atom stereocenters. The Labute approximate surface area is 160 Å². The molecule has 0 amide bonds. The van der Waals surface area contributed by atoms with E-state index >= 15 is 0 Å². The van der Waals surface area contributed by atoms with E-state index in [1.54, 1.807) is 7.11 Å². The first-order chi connectivity index (χ1) is 13.2. The Kier molecular flexibility index (Phi) is 4.97. The Bertz CT molecular complexity index is 1010. The average molecular weight is 382 g/mol. The van der Waals surface area contributed by atoms with Crippen molar-refractivity contribution in [1.82, 2.24) is 19.7 Å². The quantitative estimate of drug-likeness (QED) is 0.450. The van der Waals surface area contributed by atoms with Gasteiger partial charge in [-0.05, 0) is 36.4 Å². The fraction of sp³-hybridized carbons (Fsp3) is 0.211. The van der Waals surface area contributed by atoms with Crippen molar-refractivity contribution in [3.05, 3.63) is 60.2 Å². The van der Waals surface area contributed by atoms with Gasteiger partial charge in [-0.1, -0.05) is 23.9 Å². The number of benzene rings is 2. The third kappa shape index (κ3) is 3.90. The molecule has 138 valence electrons. The second-order valence-corrected chi connectivity index (χ2v) is 6.73. The van der Waals surface area contributed by atoms with Gasteiger partial charge in [0.25, 0.3) is 0 Å². The number of nitrogens with zero attached hydrogens (tertiary/aromatic N) is 4. The highest BCUT2D eigenvalue weighted by Gasteiger charge is 2.12. The van der Waals surface area contributed by atoms with Crippen LogP contribution in [-0.4, -0.2) is 26.9 Å². The largest absolute Gasteiger partial charge is 0.497 e. The highest BCUT2D eigenvalue weighted by Crippen LogP contribution is 2.24. The summed E-state index contributed by atoms with van der Waals surface area (Å²) in [5.74, 6) is 3.53. The molecule has 0 atom stereocenters. The summed E-state index contributed by atoms with van der Waals surface area (Å²) < 4.78 is 18.6. The number of oxazole rings is 1. The number of fused-ring (bicyclic) bond motifs is 1. The topological polar surface area (TPSA) is 75.2 Å². The van der Waals surface area contributed by atoms with Crippen molar-refractivity contribution in [2.24, 2.45) is 7.05 Å². The number of hydrogen-bond acceptors (Lipinski definition) is 7. The Morgan fingerprint density at radius 2 is 1.81 bits per heavy atom.